The first-order chi connectivity index (χ1) is 7.76. The van der Waals surface area contributed by atoms with Crippen molar-refractivity contribution in [3.63, 3.8) is 0 Å². The minimum absolute atomic E-state index is 0.154. The number of nitrogens with zero attached hydrogens (tertiary/aromatic N) is 2. The molecule has 0 unspecified atom stereocenters. The highest BCUT2D eigenvalue weighted by Gasteiger charge is 2.41. The number of rotatable bonds is 4. The zero-order valence-corrected chi connectivity index (χ0v) is 9.36. The van der Waals surface area contributed by atoms with Gasteiger partial charge in [0.05, 0.1) is 4.92 Å². The zero-order valence-electron chi connectivity index (χ0n) is 9.36. The van der Waals surface area contributed by atoms with Gasteiger partial charge in [-0.3, -0.25) is 20.2 Å². The Balaban J connectivity index is 3.13. The van der Waals surface area contributed by atoms with Gasteiger partial charge in [0.2, 0.25) is 5.54 Å². The molecule has 0 spiro atoms. The minimum atomic E-state index is -1.60. The molecular weight excluding hydrogens is 228 g/mol. The van der Waals surface area contributed by atoms with Gasteiger partial charge < -0.3 is 5.11 Å². The maximum atomic E-state index is 10.8. The van der Waals surface area contributed by atoms with Crippen molar-refractivity contribution in [1.82, 2.24) is 0 Å². The lowest BCUT2D eigenvalue weighted by atomic mass is 9.92. The first-order valence-electron chi connectivity index (χ1n) is 4.83. The quantitative estimate of drug-likeness (QED) is 0.636. The Morgan fingerprint density at radius 3 is 2.35 bits per heavy atom. The topological polar surface area (TPSA) is 107 Å². The minimum Gasteiger partial charge on any atom is -0.381 e. The summed E-state index contributed by atoms with van der Waals surface area (Å²) in [5.41, 5.74) is -1.66. The highest BCUT2D eigenvalue weighted by Crippen LogP contribution is 2.29. The van der Waals surface area contributed by atoms with Crippen molar-refractivity contribution in [3.05, 3.63) is 50.1 Å². The summed E-state index contributed by atoms with van der Waals surface area (Å²) in [5.74, 6) is 0. The largest absolute Gasteiger partial charge is 0.381 e. The molecule has 0 aliphatic carbocycles. The first kappa shape index (κ1) is 13.0. The highest BCUT2D eigenvalue weighted by molar-refractivity contribution is 5.36. The molecular formula is C10H12N2O5. The SMILES string of the molecule is CC(C)([C@H](O)c1cccc([N+](=O)[O-])c1)[N+](=O)[O-]. The summed E-state index contributed by atoms with van der Waals surface area (Å²) in [4.78, 5) is 20.1. The van der Waals surface area contributed by atoms with Gasteiger partial charge in [-0.2, -0.15) is 0 Å². The van der Waals surface area contributed by atoms with E-state index in [1.807, 2.05) is 0 Å². The number of hydrogen-bond donors (Lipinski definition) is 1. The number of aliphatic hydroxyl groups is 1. The van der Waals surface area contributed by atoms with E-state index in [-0.39, 0.29) is 11.3 Å². The van der Waals surface area contributed by atoms with Crippen molar-refractivity contribution < 1.29 is 15.0 Å². The van der Waals surface area contributed by atoms with Crippen molar-refractivity contribution in [1.29, 1.82) is 0 Å². The second-order valence-corrected chi connectivity index (χ2v) is 4.17. The Hall–Kier alpha value is -2.02. The molecule has 0 saturated heterocycles. The Bertz CT molecular complexity index is 458. The fraction of sp³-hybridized carbons (Fsp3) is 0.400. The summed E-state index contributed by atoms with van der Waals surface area (Å²) in [6, 6.07) is 5.20. The van der Waals surface area contributed by atoms with Crippen LogP contribution in [0.4, 0.5) is 5.69 Å². The van der Waals surface area contributed by atoms with E-state index < -0.39 is 21.5 Å². The van der Waals surface area contributed by atoms with Crippen LogP contribution in [0.5, 0.6) is 0 Å². The third kappa shape index (κ3) is 2.56. The molecule has 0 amide bonds. The maximum Gasteiger partial charge on any atom is 0.269 e. The highest BCUT2D eigenvalue weighted by atomic mass is 16.6. The van der Waals surface area contributed by atoms with Crippen molar-refractivity contribution >= 4 is 5.69 Å². The molecule has 0 heterocycles. The molecule has 7 nitrogen and oxygen atoms in total. The van der Waals surface area contributed by atoms with Crippen LogP contribution >= 0.6 is 0 Å². The molecule has 0 aliphatic rings. The van der Waals surface area contributed by atoms with E-state index in [1.54, 1.807) is 0 Å². The van der Waals surface area contributed by atoms with Crippen LogP contribution in [0.25, 0.3) is 0 Å². The van der Waals surface area contributed by atoms with Gasteiger partial charge in [0.25, 0.3) is 5.69 Å². The predicted molar refractivity (Wildman–Crippen MR) is 59.1 cm³/mol. The standard InChI is InChI=1S/C10H12N2O5/c1-10(2,12(16)17)9(13)7-4-3-5-8(6-7)11(14)15/h3-6,9,13H,1-2H3/t9-/m1/s1. The lowest BCUT2D eigenvalue weighted by molar-refractivity contribution is -0.575. The van der Waals surface area contributed by atoms with Gasteiger partial charge >= 0.3 is 0 Å². The normalized spacial score (nSPS) is 13.1. The van der Waals surface area contributed by atoms with E-state index in [0.29, 0.717) is 0 Å². The Kier molecular flexibility index (Phi) is 3.42. The summed E-state index contributed by atoms with van der Waals surface area (Å²) in [5, 5.41) is 31.2. The third-order valence-corrected chi connectivity index (χ3v) is 2.54. The molecule has 17 heavy (non-hydrogen) atoms. The van der Waals surface area contributed by atoms with Gasteiger partial charge in [-0.05, 0) is 5.56 Å². The number of aliphatic hydroxyl groups excluding tert-OH is 1. The average molecular weight is 240 g/mol. The smallest absolute Gasteiger partial charge is 0.269 e. The molecule has 1 aromatic rings. The van der Waals surface area contributed by atoms with Gasteiger partial charge in [0, 0.05) is 30.9 Å². The molecule has 7 heteroatoms. The van der Waals surface area contributed by atoms with Crippen LogP contribution in [0.1, 0.15) is 25.5 Å². The van der Waals surface area contributed by atoms with Crippen LogP contribution in [-0.4, -0.2) is 20.5 Å². The zero-order chi connectivity index (χ0) is 13.2. The Morgan fingerprint density at radius 2 is 1.88 bits per heavy atom. The molecule has 0 saturated carbocycles. The fourth-order valence-electron chi connectivity index (χ4n) is 1.32. The van der Waals surface area contributed by atoms with Crippen LogP contribution < -0.4 is 0 Å². The predicted octanol–water partition coefficient (Wildman–Crippen LogP) is 1.68. The lowest BCUT2D eigenvalue weighted by Gasteiger charge is -2.22. The van der Waals surface area contributed by atoms with Crippen LogP contribution in [0, 0.1) is 20.2 Å². The van der Waals surface area contributed by atoms with E-state index in [0.717, 1.165) is 6.07 Å². The molecule has 0 bridgehead atoms. The average Bonchev–Trinajstić information content (AvgIpc) is 2.27. The van der Waals surface area contributed by atoms with Crippen LogP contribution in [-0.2, 0) is 0 Å². The van der Waals surface area contributed by atoms with Crippen molar-refractivity contribution in [3.8, 4) is 0 Å². The molecule has 0 fully saturated rings. The van der Waals surface area contributed by atoms with Gasteiger partial charge in [-0.15, -0.1) is 0 Å². The molecule has 0 aliphatic heterocycles. The summed E-state index contributed by atoms with van der Waals surface area (Å²) in [7, 11) is 0. The Labute approximate surface area is 97.0 Å². The number of nitro benzene ring substituents is 1. The van der Waals surface area contributed by atoms with E-state index in [2.05, 4.69) is 0 Å². The first-order valence-corrected chi connectivity index (χ1v) is 4.83. The van der Waals surface area contributed by atoms with Crippen molar-refractivity contribution in [2.75, 3.05) is 0 Å². The monoisotopic (exact) mass is 240 g/mol. The fourth-order valence-corrected chi connectivity index (χ4v) is 1.32. The van der Waals surface area contributed by atoms with E-state index in [4.69, 9.17) is 0 Å². The number of hydrogen-bond acceptors (Lipinski definition) is 5. The summed E-state index contributed by atoms with van der Waals surface area (Å²) < 4.78 is 0. The summed E-state index contributed by atoms with van der Waals surface area (Å²) >= 11 is 0. The number of non-ortho nitro benzene ring substituents is 1. The summed E-state index contributed by atoms with van der Waals surface area (Å²) in [6.45, 7) is 2.52. The molecule has 1 N–H and O–H groups in total. The van der Waals surface area contributed by atoms with Crippen molar-refractivity contribution in [2.24, 2.45) is 0 Å². The molecule has 1 aromatic carbocycles. The van der Waals surface area contributed by atoms with Crippen LogP contribution in [0.2, 0.25) is 0 Å². The molecule has 1 atom stereocenters. The number of nitro groups is 2. The third-order valence-electron chi connectivity index (χ3n) is 2.54. The van der Waals surface area contributed by atoms with E-state index in [9.17, 15) is 25.3 Å². The van der Waals surface area contributed by atoms with Gasteiger partial charge in [-0.1, -0.05) is 12.1 Å². The van der Waals surface area contributed by atoms with E-state index in [1.165, 1.54) is 32.0 Å². The lowest BCUT2D eigenvalue weighted by Crippen LogP contribution is -2.38. The molecule has 0 radical (unpaired) electrons. The number of benzene rings is 1. The second-order valence-electron chi connectivity index (χ2n) is 4.17. The van der Waals surface area contributed by atoms with Gasteiger partial charge in [-0.25, -0.2) is 0 Å². The molecule has 0 aromatic heterocycles. The van der Waals surface area contributed by atoms with Crippen LogP contribution in [0.15, 0.2) is 24.3 Å². The summed E-state index contributed by atoms with van der Waals surface area (Å²) in [6.07, 6.45) is -1.41. The Morgan fingerprint density at radius 1 is 1.29 bits per heavy atom. The maximum absolute atomic E-state index is 10.8. The second kappa shape index (κ2) is 4.46. The van der Waals surface area contributed by atoms with Crippen LogP contribution in [0.3, 0.4) is 0 Å². The van der Waals surface area contributed by atoms with Gasteiger partial charge in [0.15, 0.2) is 0 Å². The molecule has 1 rings (SSSR count). The van der Waals surface area contributed by atoms with Gasteiger partial charge in [0.1, 0.15) is 6.10 Å². The van der Waals surface area contributed by atoms with E-state index >= 15 is 0 Å². The molecule has 92 valence electrons. The van der Waals surface area contributed by atoms with Crippen molar-refractivity contribution in [2.45, 2.75) is 25.5 Å².